The minimum absolute atomic E-state index is 0.104. The number of hydrogen-bond acceptors (Lipinski definition) is 3. The van der Waals surface area contributed by atoms with Crippen molar-refractivity contribution in [1.82, 2.24) is 15.0 Å². The zero-order chi connectivity index (χ0) is 29.5. The largest absolute Gasteiger partial charge is 0.208 e. The Labute approximate surface area is 260 Å². The first-order valence-electron chi connectivity index (χ1n) is 14.7. The van der Waals surface area contributed by atoms with Gasteiger partial charge in [0, 0.05) is 32.0 Å². The lowest BCUT2D eigenvalue weighted by atomic mass is 9.82. The third kappa shape index (κ3) is 3.96. The minimum Gasteiger partial charge on any atom is -0.208 e. The maximum atomic E-state index is 5.13. The Hall–Kier alpha value is -4.41. The first kappa shape index (κ1) is 26.2. The predicted molar refractivity (Wildman–Crippen MR) is 179 cm³/mol. The van der Waals surface area contributed by atoms with Crippen molar-refractivity contribution < 1.29 is 0 Å². The quantitative estimate of drug-likeness (QED) is 0.198. The summed E-state index contributed by atoms with van der Waals surface area (Å²) < 4.78 is 1.02. The van der Waals surface area contributed by atoms with Gasteiger partial charge in [-0.1, -0.05) is 129 Å². The number of rotatable bonds is 3. The van der Waals surface area contributed by atoms with Crippen molar-refractivity contribution in [2.75, 3.05) is 0 Å². The van der Waals surface area contributed by atoms with Crippen LogP contribution < -0.4 is 0 Å². The van der Waals surface area contributed by atoms with E-state index >= 15 is 0 Å². The molecule has 4 heteroatoms. The number of benzene rings is 5. The van der Waals surface area contributed by atoms with Gasteiger partial charge in [0.1, 0.15) is 0 Å². The van der Waals surface area contributed by atoms with Crippen LogP contribution in [0.3, 0.4) is 0 Å². The van der Waals surface area contributed by atoms with E-state index in [9.17, 15) is 0 Å². The van der Waals surface area contributed by atoms with Crippen LogP contribution in [0, 0.1) is 0 Å². The van der Waals surface area contributed by atoms with E-state index in [2.05, 4.69) is 141 Å². The van der Waals surface area contributed by atoms with Crippen molar-refractivity contribution in [3.8, 4) is 56.4 Å². The molecule has 0 saturated heterocycles. The average Bonchev–Trinajstić information content (AvgIpc) is 3.40. The van der Waals surface area contributed by atoms with Crippen molar-refractivity contribution in [1.29, 1.82) is 0 Å². The van der Waals surface area contributed by atoms with Crippen LogP contribution in [0.2, 0.25) is 0 Å². The second-order valence-electron chi connectivity index (χ2n) is 12.7. The van der Waals surface area contributed by atoms with Gasteiger partial charge < -0.3 is 0 Å². The first-order valence-corrected chi connectivity index (χ1v) is 15.5. The molecule has 8 rings (SSSR count). The molecule has 0 saturated carbocycles. The van der Waals surface area contributed by atoms with Gasteiger partial charge in [-0.05, 0) is 68.8 Å². The molecule has 43 heavy (non-hydrogen) atoms. The summed E-state index contributed by atoms with van der Waals surface area (Å²) in [4.78, 5) is 15.2. The van der Waals surface area contributed by atoms with Crippen LogP contribution in [0.25, 0.3) is 56.4 Å². The van der Waals surface area contributed by atoms with E-state index in [1.165, 1.54) is 44.5 Å². The number of fused-ring (bicyclic) bond motifs is 6. The second kappa shape index (κ2) is 9.29. The molecule has 1 aromatic heterocycles. The van der Waals surface area contributed by atoms with Gasteiger partial charge in [-0.25, -0.2) is 15.0 Å². The molecule has 0 spiro atoms. The Balaban J connectivity index is 1.30. The standard InChI is InChI=1S/C39H30BrN3/c1-38(2)31-11-7-5-9-27(31)29-19-15-24(21-33(29)38)36-41-35(23-13-17-26(40)18-14-23)42-37(43-36)25-16-20-30-28-10-6-8-12-32(28)39(3,4)34(30)22-25/h5-22H,1-4H3. The predicted octanol–water partition coefficient (Wildman–Crippen LogP) is 10.2. The summed E-state index contributed by atoms with van der Waals surface area (Å²) in [6.07, 6.45) is 0. The van der Waals surface area contributed by atoms with Crippen molar-refractivity contribution in [2.45, 2.75) is 38.5 Å². The van der Waals surface area contributed by atoms with E-state index in [0.717, 1.165) is 21.2 Å². The highest BCUT2D eigenvalue weighted by Gasteiger charge is 2.36. The molecule has 2 aliphatic carbocycles. The Morgan fingerprint density at radius 1 is 0.419 bits per heavy atom. The zero-order valence-corrected chi connectivity index (χ0v) is 26.2. The molecule has 0 fully saturated rings. The van der Waals surface area contributed by atoms with Gasteiger partial charge in [0.2, 0.25) is 0 Å². The summed E-state index contributed by atoms with van der Waals surface area (Å²) in [6.45, 7) is 9.21. The molecule has 0 amide bonds. The molecule has 0 aliphatic heterocycles. The minimum atomic E-state index is -0.104. The van der Waals surface area contributed by atoms with Crippen molar-refractivity contribution >= 4 is 15.9 Å². The monoisotopic (exact) mass is 619 g/mol. The Bertz CT molecular complexity index is 1960. The molecular weight excluding hydrogens is 590 g/mol. The van der Waals surface area contributed by atoms with Crippen molar-refractivity contribution in [3.63, 3.8) is 0 Å². The lowest BCUT2D eigenvalue weighted by Crippen LogP contribution is -2.15. The third-order valence-electron chi connectivity index (χ3n) is 9.42. The van der Waals surface area contributed by atoms with Crippen LogP contribution in [0.4, 0.5) is 0 Å². The van der Waals surface area contributed by atoms with Crippen molar-refractivity contribution in [2.24, 2.45) is 0 Å². The summed E-state index contributed by atoms with van der Waals surface area (Å²) in [7, 11) is 0. The van der Waals surface area contributed by atoms with E-state index in [1.54, 1.807) is 0 Å². The lowest BCUT2D eigenvalue weighted by Gasteiger charge is -2.22. The molecular formula is C39H30BrN3. The van der Waals surface area contributed by atoms with Crippen LogP contribution in [0.1, 0.15) is 49.9 Å². The maximum absolute atomic E-state index is 5.13. The molecule has 5 aromatic carbocycles. The number of aromatic nitrogens is 3. The maximum Gasteiger partial charge on any atom is 0.164 e. The molecule has 0 N–H and O–H groups in total. The fourth-order valence-electron chi connectivity index (χ4n) is 7.05. The number of hydrogen-bond donors (Lipinski definition) is 0. The Morgan fingerprint density at radius 2 is 0.791 bits per heavy atom. The molecule has 0 radical (unpaired) electrons. The SMILES string of the molecule is CC1(C)c2ccccc2-c2ccc(-c3nc(-c4ccc(Br)cc4)nc(-c4ccc5c(c4)C(C)(C)c4ccccc4-5)n3)cc21. The summed E-state index contributed by atoms with van der Waals surface area (Å²) in [5, 5.41) is 0. The molecule has 1 heterocycles. The molecule has 6 aromatic rings. The molecule has 208 valence electrons. The molecule has 2 aliphatic rings. The normalized spacial score (nSPS) is 15.0. The number of nitrogens with zero attached hydrogens (tertiary/aromatic N) is 3. The zero-order valence-electron chi connectivity index (χ0n) is 24.6. The van der Waals surface area contributed by atoms with Crippen LogP contribution >= 0.6 is 15.9 Å². The molecule has 0 bridgehead atoms. The fraction of sp³-hybridized carbons (Fsp3) is 0.154. The molecule has 0 atom stereocenters. The summed E-state index contributed by atoms with van der Waals surface area (Å²) in [5.41, 5.74) is 13.2. The van der Waals surface area contributed by atoms with Gasteiger partial charge >= 0.3 is 0 Å². The number of halogens is 1. The topological polar surface area (TPSA) is 38.7 Å². The lowest BCUT2D eigenvalue weighted by molar-refractivity contribution is 0.660. The van der Waals surface area contributed by atoms with Gasteiger partial charge in [-0.3, -0.25) is 0 Å². The third-order valence-corrected chi connectivity index (χ3v) is 9.95. The molecule has 3 nitrogen and oxygen atoms in total. The average molecular weight is 621 g/mol. The van der Waals surface area contributed by atoms with Crippen LogP contribution in [0.5, 0.6) is 0 Å². The van der Waals surface area contributed by atoms with E-state index in [1.807, 2.05) is 12.1 Å². The van der Waals surface area contributed by atoms with Gasteiger partial charge in [0.15, 0.2) is 17.5 Å². The van der Waals surface area contributed by atoms with Gasteiger partial charge in [0.25, 0.3) is 0 Å². The summed E-state index contributed by atoms with van der Waals surface area (Å²) in [5.74, 6) is 2.03. The van der Waals surface area contributed by atoms with E-state index < -0.39 is 0 Å². The van der Waals surface area contributed by atoms with E-state index in [0.29, 0.717) is 17.5 Å². The van der Waals surface area contributed by atoms with Crippen LogP contribution in [-0.2, 0) is 10.8 Å². The van der Waals surface area contributed by atoms with Crippen LogP contribution in [-0.4, -0.2) is 15.0 Å². The summed E-state index contributed by atoms with van der Waals surface area (Å²) >= 11 is 3.57. The van der Waals surface area contributed by atoms with Crippen molar-refractivity contribution in [3.05, 3.63) is 136 Å². The first-order chi connectivity index (χ1) is 20.7. The highest BCUT2D eigenvalue weighted by molar-refractivity contribution is 9.10. The highest BCUT2D eigenvalue weighted by Crippen LogP contribution is 2.50. The van der Waals surface area contributed by atoms with Gasteiger partial charge in [0.05, 0.1) is 0 Å². The Kier molecular flexibility index (Phi) is 5.67. The molecule has 0 unspecified atom stereocenters. The van der Waals surface area contributed by atoms with Gasteiger partial charge in [-0.2, -0.15) is 0 Å². The van der Waals surface area contributed by atoms with Crippen LogP contribution in [0.15, 0.2) is 114 Å². The Morgan fingerprint density at radius 3 is 1.26 bits per heavy atom. The van der Waals surface area contributed by atoms with E-state index in [4.69, 9.17) is 15.0 Å². The fourth-order valence-corrected chi connectivity index (χ4v) is 7.31. The van der Waals surface area contributed by atoms with Gasteiger partial charge in [-0.15, -0.1) is 0 Å². The second-order valence-corrected chi connectivity index (χ2v) is 13.6. The summed E-state index contributed by atoms with van der Waals surface area (Å²) in [6, 6.07) is 39.0. The van der Waals surface area contributed by atoms with E-state index in [-0.39, 0.29) is 10.8 Å². The highest BCUT2D eigenvalue weighted by atomic mass is 79.9. The smallest absolute Gasteiger partial charge is 0.164 e.